The van der Waals surface area contributed by atoms with Crippen molar-refractivity contribution in [2.24, 2.45) is 0 Å². The van der Waals surface area contributed by atoms with Gasteiger partial charge in [0.15, 0.2) is 6.10 Å². The first-order valence-electron chi connectivity index (χ1n) is 9.65. The SMILES string of the molecule is CCN(CC)S(=O)(=O)c1ccc(F)c(C(=O)OC(C)C(=O)c2ccc(C)c(C)c2)c1. The monoisotopic (exact) mass is 435 g/mol. The average Bonchev–Trinajstić information content (AvgIpc) is 2.70. The van der Waals surface area contributed by atoms with Crippen LogP contribution < -0.4 is 0 Å². The summed E-state index contributed by atoms with van der Waals surface area (Å²) in [6.45, 7) is 8.99. The van der Waals surface area contributed by atoms with Crippen LogP contribution in [0.2, 0.25) is 0 Å². The van der Waals surface area contributed by atoms with E-state index in [1.54, 1.807) is 32.0 Å². The number of hydrogen-bond donors (Lipinski definition) is 0. The lowest BCUT2D eigenvalue weighted by molar-refractivity contribution is 0.0314. The molecule has 0 aliphatic carbocycles. The lowest BCUT2D eigenvalue weighted by Gasteiger charge is -2.19. The van der Waals surface area contributed by atoms with Crippen molar-refractivity contribution in [1.29, 1.82) is 0 Å². The molecular formula is C22H26FNO5S. The Morgan fingerprint density at radius 2 is 1.67 bits per heavy atom. The van der Waals surface area contributed by atoms with Gasteiger partial charge in [-0.1, -0.05) is 26.0 Å². The van der Waals surface area contributed by atoms with E-state index in [1.807, 2.05) is 13.8 Å². The van der Waals surface area contributed by atoms with Gasteiger partial charge in [0.05, 0.1) is 10.5 Å². The fourth-order valence-electron chi connectivity index (χ4n) is 2.94. The van der Waals surface area contributed by atoms with Gasteiger partial charge < -0.3 is 4.74 Å². The van der Waals surface area contributed by atoms with Crippen LogP contribution in [0.4, 0.5) is 4.39 Å². The van der Waals surface area contributed by atoms with E-state index in [9.17, 15) is 22.4 Å². The Bertz CT molecular complexity index is 1060. The highest BCUT2D eigenvalue weighted by Crippen LogP contribution is 2.21. The molecule has 0 spiro atoms. The van der Waals surface area contributed by atoms with Crippen molar-refractivity contribution in [3.8, 4) is 0 Å². The van der Waals surface area contributed by atoms with Crippen LogP contribution in [0, 0.1) is 19.7 Å². The molecule has 2 aromatic rings. The number of carbonyl (C=O) groups excluding carboxylic acids is 2. The Hall–Kier alpha value is -2.58. The Morgan fingerprint density at radius 1 is 1.03 bits per heavy atom. The molecule has 0 fully saturated rings. The number of sulfonamides is 1. The van der Waals surface area contributed by atoms with Crippen molar-refractivity contribution >= 4 is 21.8 Å². The Kier molecular flexibility index (Phi) is 7.49. The minimum Gasteiger partial charge on any atom is -0.451 e. The smallest absolute Gasteiger partial charge is 0.341 e. The van der Waals surface area contributed by atoms with Gasteiger partial charge in [0.25, 0.3) is 0 Å². The molecule has 0 amide bonds. The molecule has 0 aliphatic heterocycles. The molecule has 0 saturated heterocycles. The van der Waals surface area contributed by atoms with E-state index in [4.69, 9.17) is 4.74 Å². The van der Waals surface area contributed by atoms with Crippen LogP contribution in [0.3, 0.4) is 0 Å². The van der Waals surface area contributed by atoms with E-state index >= 15 is 0 Å². The van der Waals surface area contributed by atoms with E-state index < -0.39 is 39.3 Å². The molecule has 162 valence electrons. The highest BCUT2D eigenvalue weighted by Gasteiger charge is 2.27. The summed E-state index contributed by atoms with van der Waals surface area (Å²) in [5, 5.41) is 0. The largest absolute Gasteiger partial charge is 0.451 e. The summed E-state index contributed by atoms with van der Waals surface area (Å²) in [6, 6.07) is 8.07. The van der Waals surface area contributed by atoms with Gasteiger partial charge in [-0.3, -0.25) is 4.79 Å². The Labute approximate surface area is 176 Å². The van der Waals surface area contributed by atoms with Crippen molar-refractivity contribution in [2.75, 3.05) is 13.1 Å². The summed E-state index contributed by atoms with van der Waals surface area (Å²) < 4.78 is 45.9. The first-order chi connectivity index (χ1) is 14.0. The Balaban J connectivity index is 2.28. The van der Waals surface area contributed by atoms with Crippen molar-refractivity contribution in [1.82, 2.24) is 4.31 Å². The van der Waals surface area contributed by atoms with E-state index in [0.29, 0.717) is 5.56 Å². The molecule has 0 bridgehead atoms. The first kappa shape index (κ1) is 23.7. The average molecular weight is 436 g/mol. The third-order valence-corrected chi connectivity index (χ3v) is 6.99. The molecule has 8 heteroatoms. The number of halogens is 1. The minimum absolute atomic E-state index is 0.215. The van der Waals surface area contributed by atoms with Crippen LogP contribution in [0.15, 0.2) is 41.3 Å². The molecule has 0 aliphatic rings. The number of aryl methyl sites for hydroxylation is 2. The molecule has 1 unspecified atom stereocenters. The molecule has 0 saturated carbocycles. The van der Waals surface area contributed by atoms with Gasteiger partial charge in [-0.25, -0.2) is 17.6 Å². The summed E-state index contributed by atoms with van der Waals surface area (Å²) in [7, 11) is -3.88. The van der Waals surface area contributed by atoms with Gasteiger partial charge in [0, 0.05) is 18.7 Å². The van der Waals surface area contributed by atoms with Gasteiger partial charge in [-0.05, 0) is 56.2 Å². The van der Waals surface area contributed by atoms with Crippen LogP contribution in [0.1, 0.15) is 52.6 Å². The second-order valence-electron chi connectivity index (χ2n) is 6.94. The second-order valence-corrected chi connectivity index (χ2v) is 8.88. The molecule has 0 radical (unpaired) electrons. The highest BCUT2D eigenvalue weighted by molar-refractivity contribution is 7.89. The van der Waals surface area contributed by atoms with Crippen molar-refractivity contribution in [3.63, 3.8) is 0 Å². The lowest BCUT2D eigenvalue weighted by atomic mass is 10.0. The van der Waals surface area contributed by atoms with Crippen molar-refractivity contribution in [3.05, 3.63) is 64.5 Å². The predicted octanol–water partition coefficient (Wildman–Crippen LogP) is 3.90. The van der Waals surface area contributed by atoms with Gasteiger partial charge >= 0.3 is 5.97 Å². The second kappa shape index (κ2) is 9.49. The van der Waals surface area contributed by atoms with Crippen molar-refractivity contribution in [2.45, 2.75) is 45.6 Å². The molecule has 0 N–H and O–H groups in total. The summed E-state index contributed by atoms with van der Waals surface area (Å²) in [5.74, 6) is -2.46. The van der Waals surface area contributed by atoms with Crippen LogP contribution >= 0.6 is 0 Å². The zero-order valence-electron chi connectivity index (χ0n) is 17.7. The minimum atomic E-state index is -3.88. The topological polar surface area (TPSA) is 80.8 Å². The standard InChI is InChI=1S/C22H26FNO5S/c1-6-24(7-2)30(27,28)18-10-11-20(23)19(13-18)22(26)29-16(5)21(25)17-9-8-14(3)15(4)12-17/h8-13,16H,6-7H2,1-5H3. The molecule has 2 aromatic carbocycles. The zero-order valence-corrected chi connectivity index (χ0v) is 18.5. The lowest BCUT2D eigenvalue weighted by Crippen LogP contribution is -2.31. The number of carbonyl (C=O) groups is 2. The predicted molar refractivity (Wildman–Crippen MR) is 112 cm³/mol. The Morgan fingerprint density at radius 3 is 2.23 bits per heavy atom. The molecule has 0 aromatic heterocycles. The molecule has 1 atom stereocenters. The summed E-state index contributed by atoms with van der Waals surface area (Å²) >= 11 is 0. The number of benzene rings is 2. The summed E-state index contributed by atoms with van der Waals surface area (Å²) in [5.41, 5.74) is 1.77. The number of nitrogens with zero attached hydrogens (tertiary/aromatic N) is 1. The normalized spacial score (nSPS) is 12.6. The molecule has 6 nitrogen and oxygen atoms in total. The first-order valence-corrected chi connectivity index (χ1v) is 11.1. The maximum absolute atomic E-state index is 14.3. The van der Waals surface area contributed by atoms with Gasteiger partial charge in [-0.15, -0.1) is 0 Å². The zero-order chi connectivity index (χ0) is 22.6. The van der Waals surface area contributed by atoms with Gasteiger partial charge in [0.2, 0.25) is 15.8 Å². The number of ether oxygens (including phenoxy) is 1. The van der Waals surface area contributed by atoms with Gasteiger partial charge in [-0.2, -0.15) is 4.31 Å². The third kappa shape index (κ3) is 4.94. The summed E-state index contributed by atoms with van der Waals surface area (Å²) in [6.07, 6.45) is -1.16. The van der Waals surface area contributed by atoms with E-state index in [1.165, 1.54) is 11.2 Å². The highest BCUT2D eigenvalue weighted by atomic mass is 32.2. The quantitative estimate of drug-likeness (QED) is 0.464. The molecule has 2 rings (SSSR count). The van der Waals surface area contributed by atoms with Crippen LogP contribution in [0.5, 0.6) is 0 Å². The van der Waals surface area contributed by atoms with E-state index in [2.05, 4.69) is 0 Å². The summed E-state index contributed by atoms with van der Waals surface area (Å²) in [4.78, 5) is 24.9. The maximum Gasteiger partial charge on any atom is 0.341 e. The molecule has 0 heterocycles. The number of rotatable bonds is 8. The van der Waals surface area contributed by atoms with Gasteiger partial charge in [0.1, 0.15) is 5.82 Å². The maximum atomic E-state index is 14.3. The fourth-order valence-corrected chi connectivity index (χ4v) is 4.43. The van der Waals surface area contributed by atoms with Crippen LogP contribution in [-0.2, 0) is 14.8 Å². The number of esters is 1. The number of Topliss-reactive ketones (excluding diaryl/α,β-unsaturated/α-hetero) is 1. The molecular weight excluding hydrogens is 409 g/mol. The third-order valence-electron chi connectivity index (χ3n) is 4.95. The van der Waals surface area contributed by atoms with E-state index in [0.717, 1.165) is 29.3 Å². The van der Waals surface area contributed by atoms with Crippen LogP contribution in [0.25, 0.3) is 0 Å². The molecule has 30 heavy (non-hydrogen) atoms. The number of ketones is 1. The van der Waals surface area contributed by atoms with Crippen molar-refractivity contribution < 1.29 is 27.1 Å². The number of hydrogen-bond acceptors (Lipinski definition) is 5. The fraction of sp³-hybridized carbons (Fsp3) is 0.364. The van der Waals surface area contributed by atoms with Crippen LogP contribution in [-0.4, -0.2) is 43.7 Å². The van der Waals surface area contributed by atoms with E-state index in [-0.39, 0.29) is 18.0 Å².